The van der Waals surface area contributed by atoms with E-state index in [9.17, 15) is 4.79 Å². The van der Waals surface area contributed by atoms with E-state index in [2.05, 4.69) is 21.9 Å². The first-order valence-corrected chi connectivity index (χ1v) is 7.82. The van der Waals surface area contributed by atoms with E-state index < -0.39 is 0 Å². The van der Waals surface area contributed by atoms with E-state index in [-0.39, 0.29) is 11.9 Å². The van der Waals surface area contributed by atoms with E-state index >= 15 is 0 Å². The van der Waals surface area contributed by atoms with Crippen LogP contribution in [0, 0.1) is 5.92 Å². The average Bonchev–Trinajstić information content (AvgIpc) is 2.93. The van der Waals surface area contributed by atoms with Crippen molar-refractivity contribution >= 4 is 28.3 Å². The van der Waals surface area contributed by atoms with Gasteiger partial charge in [0.1, 0.15) is 10.6 Å². The van der Waals surface area contributed by atoms with Crippen molar-refractivity contribution in [2.75, 3.05) is 24.3 Å². The number of ether oxygens (including phenoxy) is 1. The molecule has 1 saturated carbocycles. The van der Waals surface area contributed by atoms with Gasteiger partial charge in [-0.25, -0.2) is 0 Å². The Morgan fingerprint density at radius 1 is 1.50 bits per heavy atom. The van der Waals surface area contributed by atoms with E-state index in [1.54, 1.807) is 0 Å². The minimum absolute atomic E-state index is 0.115. The fourth-order valence-corrected chi connectivity index (χ4v) is 3.19. The molecule has 0 spiro atoms. The summed E-state index contributed by atoms with van der Waals surface area (Å²) in [6.07, 6.45) is 3.16. The standard InChI is InChI=1S/C13H20N4O2S/c1-7(8-4-5-19-6-8)15-13-10(11(14)17-20-13)12(18)16-9-2-3-9/h7-9,15H,2-6H2,1H3,(H2,14,17)(H,16,18). The second-order valence-electron chi connectivity index (χ2n) is 5.58. The molecule has 110 valence electrons. The van der Waals surface area contributed by atoms with E-state index in [4.69, 9.17) is 10.5 Å². The minimum Gasteiger partial charge on any atom is -0.382 e. The first kappa shape index (κ1) is 13.6. The molecular weight excluding hydrogens is 276 g/mol. The monoisotopic (exact) mass is 296 g/mol. The van der Waals surface area contributed by atoms with Crippen LogP contribution in [-0.4, -0.2) is 35.6 Å². The van der Waals surface area contributed by atoms with Gasteiger partial charge < -0.3 is 21.1 Å². The van der Waals surface area contributed by atoms with E-state index in [1.807, 2.05) is 0 Å². The summed E-state index contributed by atoms with van der Waals surface area (Å²) in [5, 5.41) is 7.11. The number of hydrogen-bond donors (Lipinski definition) is 3. The lowest BCUT2D eigenvalue weighted by atomic mass is 10.0. The average molecular weight is 296 g/mol. The van der Waals surface area contributed by atoms with Crippen LogP contribution < -0.4 is 16.4 Å². The molecule has 2 aliphatic rings. The molecule has 0 bridgehead atoms. The van der Waals surface area contributed by atoms with Crippen LogP contribution in [0.3, 0.4) is 0 Å². The lowest BCUT2D eigenvalue weighted by molar-refractivity contribution is 0.0953. The Kier molecular flexibility index (Phi) is 3.80. The van der Waals surface area contributed by atoms with Gasteiger partial charge in [-0.15, -0.1) is 0 Å². The fourth-order valence-electron chi connectivity index (χ4n) is 2.38. The number of nitrogen functional groups attached to an aromatic ring is 1. The number of anilines is 2. The number of nitrogens with one attached hydrogen (secondary N) is 2. The van der Waals surface area contributed by atoms with Crippen molar-refractivity contribution in [3.8, 4) is 0 Å². The highest BCUT2D eigenvalue weighted by atomic mass is 32.1. The van der Waals surface area contributed by atoms with Crippen LogP contribution >= 0.6 is 11.5 Å². The van der Waals surface area contributed by atoms with Crippen molar-refractivity contribution < 1.29 is 9.53 Å². The van der Waals surface area contributed by atoms with Crippen LogP contribution in [0.25, 0.3) is 0 Å². The number of carbonyl (C=O) groups excluding carboxylic acids is 1. The molecular formula is C13H20N4O2S. The van der Waals surface area contributed by atoms with Crippen LogP contribution in [0.15, 0.2) is 0 Å². The maximum absolute atomic E-state index is 12.2. The summed E-state index contributed by atoms with van der Waals surface area (Å²) in [6.45, 7) is 3.69. The molecule has 4 N–H and O–H groups in total. The van der Waals surface area contributed by atoms with Gasteiger partial charge in [-0.05, 0) is 37.7 Å². The predicted octanol–water partition coefficient (Wildman–Crippen LogP) is 1.45. The number of hydrogen-bond acceptors (Lipinski definition) is 6. The molecule has 20 heavy (non-hydrogen) atoms. The zero-order valence-corrected chi connectivity index (χ0v) is 12.3. The van der Waals surface area contributed by atoms with Crippen molar-refractivity contribution in [2.24, 2.45) is 5.92 Å². The summed E-state index contributed by atoms with van der Waals surface area (Å²) in [7, 11) is 0. The highest BCUT2D eigenvalue weighted by Crippen LogP contribution is 2.30. The highest BCUT2D eigenvalue weighted by molar-refractivity contribution is 7.11. The zero-order valence-electron chi connectivity index (χ0n) is 11.5. The molecule has 6 nitrogen and oxygen atoms in total. The molecule has 1 aromatic rings. The van der Waals surface area contributed by atoms with Gasteiger partial charge in [0.25, 0.3) is 5.91 Å². The lowest BCUT2D eigenvalue weighted by Gasteiger charge is -2.19. The summed E-state index contributed by atoms with van der Waals surface area (Å²) in [5.74, 6) is 0.666. The van der Waals surface area contributed by atoms with Gasteiger partial charge in [0.2, 0.25) is 0 Å². The Hall–Kier alpha value is -1.34. The zero-order chi connectivity index (χ0) is 14.1. The Morgan fingerprint density at radius 3 is 2.95 bits per heavy atom. The minimum atomic E-state index is -0.115. The maximum Gasteiger partial charge on any atom is 0.258 e. The number of rotatable bonds is 5. The van der Waals surface area contributed by atoms with Gasteiger partial charge >= 0.3 is 0 Å². The van der Waals surface area contributed by atoms with E-state index in [1.165, 1.54) is 11.5 Å². The molecule has 1 aromatic heterocycles. The van der Waals surface area contributed by atoms with Crippen molar-refractivity contribution in [3.63, 3.8) is 0 Å². The second-order valence-corrected chi connectivity index (χ2v) is 6.35. The number of nitrogens with two attached hydrogens (primary N) is 1. The Bertz CT molecular complexity index is 495. The number of nitrogens with zero attached hydrogens (tertiary/aromatic N) is 1. The molecule has 0 aromatic carbocycles. The number of carbonyl (C=O) groups is 1. The van der Waals surface area contributed by atoms with Crippen molar-refractivity contribution in [2.45, 2.75) is 38.3 Å². The second kappa shape index (κ2) is 5.57. The van der Waals surface area contributed by atoms with E-state index in [0.717, 1.165) is 37.5 Å². The third-order valence-corrected chi connectivity index (χ3v) is 4.68. The summed E-state index contributed by atoms with van der Waals surface area (Å²) in [6, 6.07) is 0.556. The van der Waals surface area contributed by atoms with Gasteiger partial charge in [0, 0.05) is 24.6 Å². The predicted molar refractivity (Wildman–Crippen MR) is 79.0 cm³/mol. The molecule has 3 rings (SSSR count). The Balaban J connectivity index is 1.70. The van der Waals surface area contributed by atoms with Crippen LogP contribution in [0.1, 0.15) is 36.5 Å². The van der Waals surface area contributed by atoms with Gasteiger partial charge in [-0.3, -0.25) is 4.79 Å². The first-order valence-electron chi connectivity index (χ1n) is 7.05. The van der Waals surface area contributed by atoms with Gasteiger partial charge in [-0.2, -0.15) is 4.37 Å². The molecule has 1 saturated heterocycles. The highest BCUT2D eigenvalue weighted by Gasteiger charge is 2.29. The van der Waals surface area contributed by atoms with Crippen molar-refractivity contribution in [1.29, 1.82) is 0 Å². The Morgan fingerprint density at radius 2 is 2.30 bits per heavy atom. The summed E-state index contributed by atoms with van der Waals surface area (Å²) < 4.78 is 9.51. The summed E-state index contributed by atoms with van der Waals surface area (Å²) in [4.78, 5) is 12.2. The topological polar surface area (TPSA) is 89.3 Å². The third-order valence-electron chi connectivity index (χ3n) is 3.89. The molecule has 0 radical (unpaired) electrons. The SMILES string of the molecule is CC(Nc1snc(N)c1C(=O)NC1CC1)C1CCOC1. The molecule has 2 fully saturated rings. The molecule has 1 aliphatic heterocycles. The third kappa shape index (κ3) is 2.88. The maximum atomic E-state index is 12.2. The van der Waals surface area contributed by atoms with Gasteiger partial charge in [0.05, 0.1) is 6.61 Å². The van der Waals surface area contributed by atoms with Crippen LogP contribution in [0.2, 0.25) is 0 Å². The number of amides is 1. The van der Waals surface area contributed by atoms with Gasteiger partial charge in [-0.1, -0.05) is 0 Å². The van der Waals surface area contributed by atoms with Crippen molar-refractivity contribution in [1.82, 2.24) is 9.69 Å². The first-order chi connectivity index (χ1) is 9.65. The molecule has 1 aliphatic carbocycles. The summed E-state index contributed by atoms with van der Waals surface area (Å²) >= 11 is 1.25. The molecule has 2 unspecified atom stereocenters. The largest absolute Gasteiger partial charge is 0.382 e. The number of aromatic nitrogens is 1. The summed E-state index contributed by atoms with van der Waals surface area (Å²) in [5.41, 5.74) is 6.33. The molecule has 1 amide bonds. The molecule has 2 atom stereocenters. The lowest BCUT2D eigenvalue weighted by Crippen LogP contribution is -2.29. The molecule has 2 heterocycles. The fraction of sp³-hybridized carbons (Fsp3) is 0.692. The van der Waals surface area contributed by atoms with Crippen LogP contribution in [0.5, 0.6) is 0 Å². The quantitative estimate of drug-likeness (QED) is 0.765. The van der Waals surface area contributed by atoms with Crippen LogP contribution in [0.4, 0.5) is 10.8 Å². The van der Waals surface area contributed by atoms with E-state index in [0.29, 0.717) is 23.3 Å². The smallest absolute Gasteiger partial charge is 0.258 e. The van der Waals surface area contributed by atoms with Crippen LogP contribution in [-0.2, 0) is 4.74 Å². The van der Waals surface area contributed by atoms with Gasteiger partial charge in [0.15, 0.2) is 5.82 Å². The Labute approximate surface area is 122 Å². The normalized spacial score (nSPS) is 23.6. The molecule has 7 heteroatoms. The van der Waals surface area contributed by atoms with Crippen molar-refractivity contribution in [3.05, 3.63) is 5.56 Å².